The summed E-state index contributed by atoms with van der Waals surface area (Å²) >= 11 is 0. The predicted molar refractivity (Wildman–Crippen MR) is 151 cm³/mol. The van der Waals surface area contributed by atoms with Gasteiger partial charge in [0.25, 0.3) is 0 Å². The zero-order chi connectivity index (χ0) is 24.7. The van der Waals surface area contributed by atoms with Crippen LogP contribution >= 0.6 is 0 Å². The van der Waals surface area contributed by atoms with Crippen molar-refractivity contribution >= 4 is 21.8 Å². The Hall–Kier alpha value is -4.08. The lowest BCUT2D eigenvalue weighted by Gasteiger charge is -2.33. The predicted octanol–water partition coefficient (Wildman–Crippen LogP) is 7.55. The quantitative estimate of drug-likeness (QED) is 0.279. The Balaban J connectivity index is 1.45. The van der Waals surface area contributed by atoms with Crippen LogP contribution in [0.1, 0.15) is 18.9 Å². The van der Waals surface area contributed by atoms with E-state index in [-0.39, 0.29) is 11.5 Å². The molecule has 0 saturated heterocycles. The van der Waals surface area contributed by atoms with Crippen molar-refractivity contribution in [3.63, 3.8) is 0 Å². The summed E-state index contributed by atoms with van der Waals surface area (Å²) in [5, 5.41) is 12.8. The summed E-state index contributed by atoms with van der Waals surface area (Å²) in [4.78, 5) is 0. The first-order chi connectivity index (χ1) is 17.5. The average molecular weight is 471 g/mol. The molecule has 1 aliphatic carbocycles. The van der Waals surface area contributed by atoms with E-state index < -0.39 is 0 Å². The van der Waals surface area contributed by atoms with Crippen LogP contribution in [-0.2, 0) is 6.42 Å². The number of aromatic hydroxyl groups is 1. The highest BCUT2D eigenvalue weighted by Crippen LogP contribution is 2.37. The molecule has 0 amide bonds. The Morgan fingerprint density at radius 2 is 1.67 bits per heavy atom. The maximum absolute atomic E-state index is 10.4. The Kier molecular flexibility index (Phi) is 5.50. The molecule has 36 heavy (non-hydrogen) atoms. The first-order valence-electron chi connectivity index (χ1n) is 12.5. The molecule has 0 bridgehead atoms. The Bertz CT molecular complexity index is 1640. The van der Waals surface area contributed by atoms with Gasteiger partial charge >= 0.3 is 0 Å². The van der Waals surface area contributed by atoms with Gasteiger partial charge in [-0.15, -0.1) is 0 Å². The van der Waals surface area contributed by atoms with Gasteiger partial charge in [-0.05, 0) is 60.4 Å². The van der Waals surface area contributed by atoms with Crippen LogP contribution in [0.5, 0.6) is 5.75 Å². The fourth-order valence-corrected chi connectivity index (χ4v) is 5.46. The Labute approximate surface area is 211 Å². The van der Waals surface area contributed by atoms with Crippen LogP contribution in [0.4, 0.5) is 0 Å². The van der Waals surface area contributed by atoms with E-state index in [4.69, 9.17) is 5.73 Å². The zero-order valence-corrected chi connectivity index (χ0v) is 20.4. The number of para-hydroxylation sites is 2. The summed E-state index contributed by atoms with van der Waals surface area (Å²) in [5.41, 5.74) is 13.2. The molecule has 0 radical (unpaired) electrons. The van der Waals surface area contributed by atoms with E-state index in [9.17, 15) is 5.11 Å². The summed E-state index contributed by atoms with van der Waals surface area (Å²) in [7, 11) is 0. The highest BCUT2D eigenvalue weighted by atomic mass is 16.3. The van der Waals surface area contributed by atoms with Gasteiger partial charge < -0.3 is 15.4 Å². The molecule has 3 nitrogen and oxygen atoms in total. The number of rotatable bonds is 5. The van der Waals surface area contributed by atoms with Crippen molar-refractivity contribution in [3.8, 4) is 22.6 Å². The van der Waals surface area contributed by atoms with E-state index in [0.29, 0.717) is 5.75 Å². The lowest BCUT2D eigenvalue weighted by Crippen LogP contribution is -2.40. The van der Waals surface area contributed by atoms with Gasteiger partial charge in [-0.25, -0.2) is 0 Å². The largest absolute Gasteiger partial charge is 0.507 e. The maximum atomic E-state index is 10.4. The van der Waals surface area contributed by atoms with Crippen LogP contribution in [-0.4, -0.2) is 15.7 Å². The topological polar surface area (TPSA) is 51.2 Å². The standard InChI is InChI=1S/C33H30N2O/c1-33(18-7-2-8-19-33)32(34)21-23-10-9-11-25(20-23)35-29-14-5-3-13-27(29)28-22-24(16-17-30(28)35)26-12-4-6-15-31(26)36/h2-18,20,22,32,36H,19,21,34H2,1H3/t32-,33-/m1/s1. The zero-order valence-electron chi connectivity index (χ0n) is 20.4. The van der Waals surface area contributed by atoms with E-state index in [2.05, 4.69) is 103 Å². The number of nitrogens with zero attached hydrogens (tertiary/aromatic N) is 1. The molecule has 2 atom stereocenters. The number of aromatic nitrogens is 1. The lowest BCUT2D eigenvalue weighted by molar-refractivity contribution is 0.333. The van der Waals surface area contributed by atoms with E-state index >= 15 is 0 Å². The summed E-state index contributed by atoms with van der Waals surface area (Å²) in [6, 6.07) is 31.3. The monoisotopic (exact) mass is 470 g/mol. The number of phenols is 1. The normalized spacial score (nSPS) is 18.2. The molecule has 0 spiro atoms. The third kappa shape index (κ3) is 3.82. The van der Waals surface area contributed by atoms with Gasteiger partial charge in [-0.1, -0.05) is 85.8 Å². The van der Waals surface area contributed by atoms with Gasteiger partial charge in [0, 0.05) is 33.5 Å². The summed E-state index contributed by atoms with van der Waals surface area (Å²) < 4.78 is 2.33. The van der Waals surface area contributed by atoms with Crippen molar-refractivity contribution in [1.29, 1.82) is 0 Å². The molecular formula is C33H30N2O. The van der Waals surface area contributed by atoms with Crippen LogP contribution in [0.25, 0.3) is 38.6 Å². The van der Waals surface area contributed by atoms with Crippen LogP contribution in [0.2, 0.25) is 0 Å². The van der Waals surface area contributed by atoms with Gasteiger partial charge in [-0.3, -0.25) is 0 Å². The van der Waals surface area contributed by atoms with Gasteiger partial charge in [0.15, 0.2) is 0 Å². The third-order valence-electron chi connectivity index (χ3n) is 7.64. The second kappa shape index (κ2) is 8.85. The second-order valence-corrected chi connectivity index (χ2v) is 10.1. The molecule has 0 unspecified atom stereocenters. The van der Waals surface area contributed by atoms with Crippen LogP contribution in [0.15, 0.2) is 115 Å². The number of hydrogen-bond donors (Lipinski definition) is 2. The molecule has 1 aliphatic rings. The molecule has 0 saturated carbocycles. The van der Waals surface area contributed by atoms with E-state index in [0.717, 1.165) is 40.7 Å². The lowest BCUT2D eigenvalue weighted by atomic mass is 9.75. The first-order valence-corrected chi connectivity index (χ1v) is 12.5. The number of benzene rings is 4. The first kappa shape index (κ1) is 22.4. The number of hydrogen-bond acceptors (Lipinski definition) is 2. The molecule has 178 valence electrons. The Morgan fingerprint density at radius 1 is 0.861 bits per heavy atom. The van der Waals surface area contributed by atoms with E-state index in [1.165, 1.54) is 16.3 Å². The minimum Gasteiger partial charge on any atom is -0.507 e. The van der Waals surface area contributed by atoms with Crippen LogP contribution < -0.4 is 5.73 Å². The molecule has 1 heterocycles. The minimum absolute atomic E-state index is 0.0308. The molecule has 0 fully saturated rings. The second-order valence-electron chi connectivity index (χ2n) is 10.1. The van der Waals surface area contributed by atoms with Crippen molar-refractivity contribution < 1.29 is 5.11 Å². The molecule has 5 aromatic rings. The number of fused-ring (bicyclic) bond motifs is 3. The SMILES string of the molecule is C[C@@]1([C@H](N)Cc2cccc(-n3c4ccccc4c4cc(-c5ccccc5O)ccc43)c2)C=CC=CC1. The van der Waals surface area contributed by atoms with E-state index in [1.807, 2.05) is 18.2 Å². The fourth-order valence-electron chi connectivity index (χ4n) is 5.46. The molecule has 3 heteroatoms. The number of phenolic OH excluding ortho intramolecular Hbond substituents is 1. The average Bonchev–Trinajstić information content (AvgIpc) is 3.23. The molecule has 1 aromatic heterocycles. The molecule has 4 aromatic carbocycles. The van der Waals surface area contributed by atoms with Gasteiger partial charge in [0.05, 0.1) is 11.0 Å². The maximum Gasteiger partial charge on any atom is 0.123 e. The smallest absolute Gasteiger partial charge is 0.123 e. The van der Waals surface area contributed by atoms with Crippen molar-refractivity contribution in [2.24, 2.45) is 11.1 Å². The van der Waals surface area contributed by atoms with E-state index in [1.54, 1.807) is 6.07 Å². The van der Waals surface area contributed by atoms with Crippen molar-refractivity contribution in [2.75, 3.05) is 0 Å². The highest BCUT2D eigenvalue weighted by Gasteiger charge is 2.29. The third-order valence-corrected chi connectivity index (χ3v) is 7.64. The summed E-state index contributed by atoms with van der Waals surface area (Å²) in [5.74, 6) is 0.293. The fraction of sp³-hybridized carbons (Fsp3) is 0.152. The highest BCUT2D eigenvalue weighted by molar-refractivity contribution is 6.10. The van der Waals surface area contributed by atoms with Gasteiger partial charge in [-0.2, -0.15) is 0 Å². The number of allylic oxidation sites excluding steroid dienone is 3. The summed E-state index contributed by atoms with van der Waals surface area (Å²) in [6.45, 7) is 2.25. The minimum atomic E-state index is -0.0308. The summed E-state index contributed by atoms with van der Waals surface area (Å²) in [6.07, 6.45) is 10.4. The molecule has 0 aliphatic heterocycles. The number of nitrogens with two attached hydrogens (primary N) is 1. The van der Waals surface area contributed by atoms with Crippen molar-refractivity contribution in [2.45, 2.75) is 25.8 Å². The van der Waals surface area contributed by atoms with Crippen LogP contribution in [0.3, 0.4) is 0 Å². The Morgan fingerprint density at radius 3 is 2.50 bits per heavy atom. The molecule has 6 rings (SSSR count). The van der Waals surface area contributed by atoms with Gasteiger partial charge in [0.2, 0.25) is 0 Å². The molecular weight excluding hydrogens is 440 g/mol. The van der Waals surface area contributed by atoms with Crippen molar-refractivity contribution in [3.05, 3.63) is 121 Å². The van der Waals surface area contributed by atoms with Gasteiger partial charge in [0.1, 0.15) is 5.75 Å². The molecule has 3 N–H and O–H groups in total. The van der Waals surface area contributed by atoms with Crippen molar-refractivity contribution in [1.82, 2.24) is 4.57 Å². The van der Waals surface area contributed by atoms with Crippen LogP contribution in [0, 0.1) is 5.41 Å².